The van der Waals surface area contributed by atoms with Crippen molar-refractivity contribution in [1.82, 2.24) is 4.90 Å². The summed E-state index contributed by atoms with van der Waals surface area (Å²) >= 11 is 6.41. The van der Waals surface area contributed by atoms with E-state index in [9.17, 15) is 24.2 Å². The highest BCUT2D eigenvalue weighted by Crippen LogP contribution is 2.78. The van der Waals surface area contributed by atoms with Crippen molar-refractivity contribution in [3.05, 3.63) is 58.4 Å². The van der Waals surface area contributed by atoms with Gasteiger partial charge in [-0.05, 0) is 87.7 Å². The van der Waals surface area contributed by atoms with Crippen LogP contribution in [0.4, 0.5) is 9.18 Å². The number of amides is 1. The SMILES string of the molecule is CCCN(CC1(O)CCC2C34C=CC5(C=C3C(=O)Cc3c(F)cccc3Cl)CC(O)CCC5(C)C4CCC21C)C(=O)OCC. The molecule has 8 heteroatoms. The van der Waals surface area contributed by atoms with Crippen molar-refractivity contribution in [3.63, 3.8) is 0 Å². The number of hydrogen-bond donors (Lipinski definition) is 2. The Labute approximate surface area is 265 Å². The minimum absolute atomic E-state index is 0.0612. The van der Waals surface area contributed by atoms with E-state index in [0.29, 0.717) is 31.4 Å². The number of aliphatic hydroxyl groups is 2. The molecule has 0 radical (unpaired) electrons. The molecule has 2 N–H and O–H groups in total. The lowest BCUT2D eigenvalue weighted by Gasteiger charge is -2.71. The zero-order valence-corrected chi connectivity index (χ0v) is 27.3. The number of nitrogens with zero attached hydrogens (tertiary/aromatic N) is 1. The summed E-state index contributed by atoms with van der Waals surface area (Å²) < 4.78 is 20.3. The van der Waals surface area contributed by atoms with Crippen LogP contribution in [-0.2, 0) is 16.0 Å². The maximum Gasteiger partial charge on any atom is 0.409 e. The molecule has 7 rings (SSSR count). The number of ether oxygens (including phenoxy) is 1. The van der Waals surface area contributed by atoms with Gasteiger partial charge in [-0.25, -0.2) is 9.18 Å². The van der Waals surface area contributed by atoms with Crippen molar-refractivity contribution in [2.75, 3.05) is 19.7 Å². The molecule has 1 aromatic carbocycles. The van der Waals surface area contributed by atoms with E-state index in [1.807, 2.05) is 6.92 Å². The van der Waals surface area contributed by atoms with E-state index in [0.717, 1.165) is 32.1 Å². The maximum atomic E-state index is 15.0. The molecule has 0 aromatic heterocycles. The normalized spacial score (nSPS) is 40.1. The van der Waals surface area contributed by atoms with E-state index in [1.54, 1.807) is 24.0 Å². The zero-order valence-electron chi connectivity index (χ0n) is 26.5. The fraction of sp³-hybridized carbons (Fsp3) is 0.667. The van der Waals surface area contributed by atoms with Crippen LogP contribution in [0.5, 0.6) is 0 Å². The van der Waals surface area contributed by atoms with Crippen LogP contribution in [0.15, 0.2) is 42.0 Å². The summed E-state index contributed by atoms with van der Waals surface area (Å²) in [5.74, 6) is -0.572. The number of allylic oxidation sites excluding steroid dienone is 4. The van der Waals surface area contributed by atoms with E-state index < -0.39 is 39.9 Å². The molecule has 6 nitrogen and oxygen atoms in total. The Balaban J connectivity index is 1.45. The van der Waals surface area contributed by atoms with Crippen LogP contribution in [0, 0.1) is 39.3 Å². The Morgan fingerprint density at radius 3 is 2.48 bits per heavy atom. The lowest BCUT2D eigenvalue weighted by atomic mass is 9.32. The summed E-state index contributed by atoms with van der Waals surface area (Å²) in [5, 5.41) is 23.7. The quantitative estimate of drug-likeness (QED) is 0.302. The van der Waals surface area contributed by atoms with Crippen molar-refractivity contribution in [1.29, 1.82) is 0 Å². The molecule has 8 unspecified atom stereocenters. The van der Waals surface area contributed by atoms with Crippen molar-refractivity contribution >= 4 is 23.5 Å². The number of fused-ring (bicyclic) bond motifs is 1. The number of carbonyl (C=O) groups excluding carboxylic acids is 2. The first-order chi connectivity index (χ1) is 20.8. The first kappa shape index (κ1) is 31.7. The molecule has 0 aliphatic heterocycles. The number of hydrogen-bond acceptors (Lipinski definition) is 5. The van der Waals surface area contributed by atoms with Gasteiger partial charge in [0.1, 0.15) is 5.82 Å². The molecule has 2 bridgehead atoms. The largest absolute Gasteiger partial charge is 0.450 e. The lowest BCUT2D eigenvalue weighted by Crippen LogP contribution is -2.67. The fourth-order valence-electron chi connectivity index (χ4n) is 10.6. The summed E-state index contributed by atoms with van der Waals surface area (Å²) in [6.45, 7) is 9.22. The summed E-state index contributed by atoms with van der Waals surface area (Å²) in [6, 6.07) is 4.50. The highest BCUT2D eigenvalue weighted by atomic mass is 35.5. The number of ketones is 1. The number of rotatable bonds is 8. The van der Waals surface area contributed by atoms with Gasteiger partial charge in [0.15, 0.2) is 5.78 Å². The molecule has 240 valence electrons. The molecule has 1 amide bonds. The first-order valence-electron chi connectivity index (χ1n) is 16.5. The van der Waals surface area contributed by atoms with Gasteiger partial charge in [-0.1, -0.05) is 56.7 Å². The van der Waals surface area contributed by atoms with Crippen molar-refractivity contribution in [2.45, 2.75) is 97.2 Å². The predicted molar refractivity (Wildman–Crippen MR) is 168 cm³/mol. The first-order valence-corrected chi connectivity index (χ1v) is 16.9. The van der Waals surface area contributed by atoms with E-state index in [4.69, 9.17) is 16.3 Å². The molecule has 44 heavy (non-hydrogen) atoms. The standard InChI is InChI=1S/C36H47ClFNO5/c1-5-18-39(31(42)44-6-2)22-35(43)15-12-30-33(35,4)14-11-29-32(3)13-10-23(40)20-34(32)16-17-36(29,30)25(21-34)28(41)19-24-26(37)8-7-9-27(24)38/h7-9,16-17,21,23,29-30,40,43H,5-6,10-15,18-20,22H2,1-4H3. The Bertz CT molecular complexity index is 1390. The summed E-state index contributed by atoms with van der Waals surface area (Å²) in [7, 11) is 0. The topological polar surface area (TPSA) is 87.1 Å². The summed E-state index contributed by atoms with van der Waals surface area (Å²) in [5.41, 5.74) is -2.13. The molecule has 0 saturated heterocycles. The molecule has 6 aliphatic rings. The van der Waals surface area contributed by atoms with Crippen molar-refractivity contribution in [2.24, 2.45) is 33.5 Å². The van der Waals surface area contributed by atoms with Crippen LogP contribution in [0.25, 0.3) is 0 Å². The van der Waals surface area contributed by atoms with E-state index in [-0.39, 0.29) is 53.2 Å². The monoisotopic (exact) mass is 627 g/mol. The molecular weight excluding hydrogens is 581 g/mol. The van der Waals surface area contributed by atoms with Crippen LogP contribution in [0.2, 0.25) is 5.02 Å². The van der Waals surface area contributed by atoms with Crippen LogP contribution in [-0.4, -0.2) is 58.4 Å². The Morgan fingerprint density at radius 1 is 1.07 bits per heavy atom. The van der Waals surface area contributed by atoms with Gasteiger partial charge in [0.2, 0.25) is 0 Å². The lowest BCUT2D eigenvalue weighted by molar-refractivity contribution is -0.178. The molecule has 3 fully saturated rings. The number of Topliss-reactive ketones (excluding diaryl/α,β-unsaturated/α-hetero) is 1. The van der Waals surface area contributed by atoms with Gasteiger partial charge >= 0.3 is 6.09 Å². The molecule has 2 spiro atoms. The van der Waals surface area contributed by atoms with Gasteiger partial charge in [-0.15, -0.1) is 0 Å². The Kier molecular flexibility index (Phi) is 7.90. The average Bonchev–Trinajstić information content (AvgIpc) is 3.25. The fourth-order valence-corrected chi connectivity index (χ4v) is 10.9. The van der Waals surface area contributed by atoms with E-state index in [2.05, 4.69) is 32.1 Å². The number of benzene rings is 1. The maximum absolute atomic E-state index is 15.0. The summed E-state index contributed by atoms with van der Waals surface area (Å²) in [6.07, 6.45) is 11.3. The highest BCUT2D eigenvalue weighted by molar-refractivity contribution is 6.31. The minimum atomic E-state index is -1.16. The summed E-state index contributed by atoms with van der Waals surface area (Å²) in [4.78, 5) is 29.1. The smallest absolute Gasteiger partial charge is 0.409 e. The third-order valence-corrected chi connectivity index (χ3v) is 13.2. The minimum Gasteiger partial charge on any atom is -0.450 e. The average molecular weight is 628 g/mol. The molecule has 0 heterocycles. The second-order valence-corrected chi connectivity index (χ2v) is 15.1. The molecule has 3 saturated carbocycles. The highest BCUT2D eigenvalue weighted by Gasteiger charge is 2.74. The van der Waals surface area contributed by atoms with Gasteiger partial charge in [-0.3, -0.25) is 4.79 Å². The van der Waals surface area contributed by atoms with E-state index >= 15 is 0 Å². The second-order valence-electron chi connectivity index (χ2n) is 14.7. The third-order valence-electron chi connectivity index (χ3n) is 12.9. The number of carbonyl (C=O) groups is 2. The number of halogens is 2. The van der Waals surface area contributed by atoms with Gasteiger partial charge < -0.3 is 19.8 Å². The molecular formula is C36H47ClFNO5. The zero-order chi connectivity index (χ0) is 31.7. The molecule has 8 atom stereocenters. The van der Waals surface area contributed by atoms with Gasteiger partial charge in [0, 0.05) is 45.4 Å². The van der Waals surface area contributed by atoms with E-state index in [1.165, 1.54) is 6.07 Å². The van der Waals surface area contributed by atoms with Crippen LogP contribution >= 0.6 is 11.6 Å². The van der Waals surface area contributed by atoms with Gasteiger partial charge in [-0.2, -0.15) is 0 Å². The Morgan fingerprint density at radius 2 is 1.77 bits per heavy atom. The molecule has 1 aromatic rings. The van der Waals surface area contributed by atoms with Crippen LogP contribution in [0.3, 0.4) is 0 Å². The third kappa shape index (κ3) is 4.31. The van der Waals surface area contributed by atoms with Gasteiger partial charge in [0.25, 0.3) is 0 Å². The van der Waals surface area contributed by atoms with Crippen LogP contribution in [0.1, 0.15) is 84.6 Å². The predicted octanol–water partition coefficient (Wildman–Crippen LogP) is 7.05. The van der Waals surface area contributed by atoms with Gasteiger partial charge in [0.05, 0.1) is 24.9 Å². The number of aliphatic hydroxyl groups excluding tert-OH is 1. The van der Waals surface area contributed by atoms with Crippen molar-refractivity contribution in [3.8, 4) is 0 Å². The Hall–Kier alpha value is -2.22. The second kappa shape index (κ2) is 10.9. The molecule has 6 aliphatic carbocycles. The van der Waals surface area contributed by atoms with Crippen LogP contribution < -0.4 is 0 Å². The van der Waals surface area contributed by atoms with Crippen molar-refractivity contribution < 1.29 is 28.9 Å².